The summed E-state index contributed by atoms with van der Waals surface area (Å²) in [6.07, 6.45) is 0. The highest BCUT2D eigenvalue weighted by Crippen LogP contribution is 2.29. The molecule has 92 valence electrons. The number of hydrogen-bond acceptors (Lipinski definition) is 4. The number of nitrogens with zero attached hydrogens (tertiary/aromatic N) is 3. The van der Waals surface area contributed by atoms with Crippen LogP contribution in [0.15, 0.2) is 12.1 Å². The van der Waals surface area contributed by atoms with E-state index in [1.54, 1.807) is 0 Å². The molecule has 0 saturated heterocycles. The number of aromatic nitrogens is 2. The second-order valence-electron chi connectivity index (χ2n) is 3.73. The smallest absolute Gasteiger partial charge is 0.128 e. The molecule has 1 heterocycles. The van der Waals surface area contributed by atoms with Gasteiger partial charge in [0.05, 0.1) is 17.4 Å². The Morgan fingerprint density at radius 2 is 1.88 bits per heavy atom. The Morgan fingerprint density at radius 3 is 2.53 bits per heavy atom. The zero-order valence-corrected chi connectivity index (χ0v) is 11.8. The lowest BCUT2D eigenvalue weighted by molar-refractivity contribution is 0.873. The Hall–Kier alpha value is -0.580. The maximum absolute atomic E-state index is 5.84. The highest BCUT2D eigenvalue weighted by Gasteiger charge is 2.14. The predicted molar refractivity (Wildman–Crippen MR) is 75.8 cm³/mol. The van der Waals surface area contributed by atoms with E-state index in [1.807, 2.05) is 6.07 Å². The third kappa shape index (κ3) is 2.64. The highest BCUT2D eigenvalue weighted by atomic mass is 35.5. The fourth-order valence-electron chi connectivity index (χ4n) is 1.88. The molecular formula is C11H13Cl2N3S. The molecule has 0 radical (unpaired) electrons. The third-order valence-electron chi connectivity index (χ3n) is 2.63. The SMILES string of the molecule is Cc1ccc2nsnc2c1N(CCCl)CCCl. The van der Waals surface area contributed by atoms with Crippen molar-refractivity contribution < 1.29 is 0 Å². The number of rotatable bonds is 5. The van der Waals surface area contributed by atoms with Crippen LogP contribution < -0.4 is 4.90 Å². The fourth-order valence-corrected chi connectivity index (χ4v) is 2.82. The minimum absolute atomic E-state index is 0.574. The summed E-state index contributed by atoms with van der Waals surface area (Å²) >= 11 is 12.9. The van der Waals surface area contributed by atoms with Gasteiger partial charge in [0, 0.05) is 24.8 Å². The monoisotopic (exact) mass is 289 g/mol. The molecule has 2 aromatic rings. The molecule has 6 heteroatoms. The van der Waals surface area contributed by atoms with Gasteiger partial charge in [0.25, 0.3) is 0 Å². The standard InChI is InChI=1S/C11H13Cl2N3S/c1-8-2-3-9-10(15-17-14-9)11(8)16(6-4-12)7-5-13/h2-3H,4-7H2,1H3. The number of aryl methyl sites for hydroxylation is 1. The van der Waals surface area contributed by atoms with Crippen LogP contribution in [-0.4, -0.2) is 33.6 Å². The first kappa shape index (κ1) is 12.9. The first-order valence-electron chi connectivity index (χ1n) is 5.36. The molecule has 0 spiro atoms. The van der Waals surface area contributed by atoms with Crippen LogP contribution in [0, 0.1) is 6.92 Å². The van der Waals surface area contributed by atoms with Crippen molar-refractivity contribution in [2.75, 3.05) is 29.7 Å². The summed E-state index contributed by atoms with van der Waals surface area (Å²) < 4.78 is 8.63. The predicted octanol–water partition coefficient (Wildman–Crippen LogP) is 3.28. The van der Waals surface area contributed by atoms with E-state index in [0.29, 0.717) is 11.8 Å². The summed E-state index contributed by atoms with van der Waals surface area (Å²) in [5, 5.41) is 0. The molecule has 3 nitrogen and oxygen atoms in total. The van der Waals surface area contributed by atoms with E-state index < -0.39 is 0 Å². The van der Waals surface area contributed by atoms with Crippen LogP contribution in [0.2, 0.25) is 0 Å². The Bertz CT molecular complexity index is 494. The fraction of sp³-hybridized carbons (Fsp3) is 0.455. The van der Waals surface area contributed by atoms with Crippen molar-refractivity contribution in [2.24, 2.45) is 0 Å². The minimum atomic E-state index is 0.574. The molecule has 1 aromatic heterocycles. The van der Waals surface area contributed by atoms with Crippen molar-refractivity contribution in [3.63, 3.8) is 0 Å². The summed E-state index contributed by atoms with van der Waals surface area (Å²) in [6.45, 7) is 3.61. The van der Waals surface area contributed by atoms with Gasteiger partial charge in [-0.1, -0.05) is 6.07 Å². The molecule has 17 heavy (non-hydrogen) atoms. The van der Waals surface area contributed by atoms with E-state index in [1.165, 1.54) is 17.3 Å². The first-order chi connectivity index (χ1) is 8.27. The lowest BCUT2D eigenvalue weighted by Gasteiger charge is -2.24. The van der Waals surface area contributed by atoms with Gasteiger partial charge in [-0.05, 0) is 18.6 Å². The Morgan fingerprint density at radius 1 is 1.18 bits per heavy atom. The minimum Gasteiger partial charge on any atom is -0.367 e. The number of alkyl halides is 2. The Labute approximate surface area is 115 Å². The van der Waals surface area contributed by atoms with E-state index in [0.717, 1.165) is 29.8 Å². The van der Waals surface area contributed by atoms with Gasteiger partial charge in [0.1, 0.15) is 11.0 Å². The van der Waals surface area contributed by atoms with E-state index >= 15 is 0 Å². The number of hydrogen-bond donors (Lipinski definition) is 0. The summed E-state index contributed by atoms with van der Waals surface area (Å²) in [6, 6.07) is 4.06. The van der Waals surface area contributed by atoms with Crippen molar-refractivity contribution in [1.82, 2.24) is 8.75 Å². The zero-order chi connectivity index (χ0) is 12.3. The molecule has 0 amide bonds. The van der Waals surface area contributed by atoms with Gasteiger partial charge < -0.3 is 4.90 Å². The molecular weight excluding hydrogens is 277 g/mol. The molecule has 0 aliphatic rings. The zero-order valence-electron chi connectivity index (χ0n) is 9.49. The Balaban J connectivity index is 2.49. The highest BCUT2D eigenvalue weighted by molar-refractivity contribution is 7.00. The van der Waals surface area contributed by atoms with Crippen molar-refractivity contribution in [3.05, 3.63) is 17.7 Å². The summed E-state index contributed by atoms with van der Waals surface area (Å²) in [5.41, 5.74) is 4.17. The van der Waals surface area contributed by atoms with Gasteiger partial charge in [-0.25, -0.2) is 0 Å². The lowest BCUT2D eigenvalue weighted by atomic mass is 10.1. The third-order valence-corrected chi connectivity index (χ3v) is 3.51. The van der Waals surface area contributed by atoms with E-state index in [-0.39, 0.29) is 0 Å². The van der Waals surface area contributed by atoms with Crippen molar-refractivity contribution >= 4 is 51.7 Å². The number of benzene rings is 1. The molecule has 0 fully saturated rings. The molecule has 2 rings (SSSR count). The maximum atomic E-state index is 5.84. The summed E-state index contributed by atoms with van der Waals surface area (Å²) in [7, 11) is 0. The molecule has 0 unspecified atom stereocenters. The molecule has 0 saturated carbocycles. The van der Waals surface area contributed by atoms with Crippen LogP contribution >= 0.6 is 34.9 Å². The molecule has 0 aliphatic heterocycles. The molecule has 0 aliphatic carbocycles. The van der Waals surface area contributed by atoms with Crippen molar-refractivity contribution in [2.45, 2.75) is 6.92 Å². The van der Waals surface area contributed by atoms with Gasteiger partial charge in [-0.2, -0.15) is 8.75 Å². The van der Waals surface area contributed by atoms with Gasteiger partial charge in [0.2, 0.25) is 0 Å². The van der Waals surface area contributed by atoms with Crippen molar-refractivity contribution in [3.8, 4) is 0 Å². The Kier molecular flexibility index (Phi) is 4.42. The largest absolute Gasteiger partial charge is 0.367 e. The number of halogens is 2. The van der Waals surface area contributed by atoms with Gasteiger partial charge in [-0.3, -0.25) is 0 Å². The van der Waals surface area contributed by atoms with Crippen LogP contribution in [0.1, 0.15) is 5.56 Å². The average Bonchev–Trinajstić information content (AvgIpc) is 2.77. The van der Waals surface area contributed by atoms with Crippen LogP contribution in [0.3, 0.4) is 0 Å². The van der Waals surface area contributed by atoms with E-state index in [4.69, 9.17) is 23.2 Å². The quantitative estimate of drug-likeness (QED) is 0.791. The van der Waals surface area contributed by atoms with Crippen LogP contribution in [0.5, 0.6) is 0 Å². The number of anilines is 1. The van der Waals surface area contributed by atoms with Crippen LogP contribution in [0.25, 0.3) is 11.0 Å². The van der Waals surface area contributed by atoms with Gasteiger partial charge >= 0.3 is 0 Å². The summed E-state index contributed by atoms with van der Waals surface area (Å²) in [5.74, 6) is 1.15. The van der Waals surface area contributed by atoms with Crippen molar-refractivity contribution in [1.29, 1.82) is 0 Å². The second kappa shape index (κ2) is 5.85. The van der Waals surface area contributed by atoms with Gasteiger partial charge in [0.15, 0.2) is 0 Å². The summed E-state index contributed by atoms with van der Waals surface area (Å²) in [4.78, 5) is 2.18. The average molecular weight is 290 g/mol. The van der Waals surface area contributed by atoms with Crippen LogP contribution in [0.4, 0.5) is 5.69 Å². The topological polar surface area (TPSA) is 29.0 Å². The van der Waals surface area contributed by atoms with Gasteiger partial charge in [-0.15, -0.1) is 23.2 Å². The maximum Gasteiger partial charge on any atom is 0.128 e. The number of fused-ring (bicyclic) bond motifs is 1. The second-order valence-corrected chi connectivity index (χ2v) is 5.01. The first-order valence-corrected chi connectivity index (χ1v) is 7.16. The van der Waals surface area contributed by atoms with E-state index in [9.17, 15) is 0 Å². The molecule has 0 N–H and O–H groups in total. The normalized spacial score (nSPS) is 11.0. The molecule has 0 bridgehead atoms. The molecule has 1 aromatic carbocycles. The van der Waals surface area contributed by atoms with Crippen LogP contribution in [-0.2, 0) is 0 Å². The molecule has 0 atom stereocenters. The van der Waals surface area contributed by atoms with E-state index in [2.05, 4.69) is 26.6 Å². The lowest BCUT2D eigenvalue weighted by Crippen LogP contribution is -2.28.